The van der Waals surface area contributed by atoms with Crippen LogP contribution in [0.5, 0.6) is 0 Å². The van der Waals surface area contributed by atoms with E-state index in [9.17, 15) is 0 Å². The van der Waals surface area contributed by atoms with Gasteiger partial charge in [-0.3, -0.25) is 0 Å². The summed E-state index contributed by atoms with van der Waals surface area (Å²) in [4.78, 5) is 9.52. The van der Waals surface area contributed by atoms with Crippen molar-refractivity contribution in [3.63, 3.8) is 0 Å². The molecule has 1 aromatic rings. The number of rotatable bonds is 5. The van der Waals surface area contributed by atoms with E-state index >= 15 is 0 Å². The van der Waals surface area contributed by atoms with E-state index < -0.39 is 0 Å². The van der Waals surface area contributed by atoms with Gasteiger partial charge >= 0.3 is 0 Å². The molecule has 0 atom stereocenters. The molecule has 4 nitrogen and oxygen atoms in total. The van der Waals surface area contributed by atoms with Gasteiger partial charge in [-0.05, 0) is 33.4 Å². The highest BCUT2D eigenvalue weighted by Gasteiger charge is 2.40. The number of aliphatic hydroxyl groups excluding tert-OH is 1. The molecule has 0 spiro atoms. The molecule has 1 aromatic heterocycles. The lowest BCUT2D eigenvalue weighted by atomic mass is 9.75. The second-order valence-corrected chi connectivity index (χ2v) is 6.62. The summed E-state index contributed by atoms with van der Waals surface area (Å²) in [6.45, 7) is 0.915. The molecule has 6 heteroatoms. The third-order valence-electron chi connectivity index (χ3n) is 3.87. The van der Waals surface area contributed by atoms with E-state index in [4.69, 9.17) is 16.7 Å². The Kier molecular flexibility index (Phi) is 4.16. The van der Waals surface area contributed by atoms with E-state index in [1.165, 1.54) is 30.6 Å². The number of aliphatic hydroxyl groups is 1. The van der Waals surface area contributed by atoms with Crippen LogP contribution in [0.25, 0.3) is 0 Å². The number of halogens is 1. The Balaban J connectivity index is 2.09. The van der Waals surface area contributed by atoms with E-state index in [-0.39, 0.29) is 12.1 Å². The molecular formula is C12H20ClN3OS. The van der Waals surface area contributed by atoms with Gasteiger partial charge in [0.2, 0.25) is 0 Å². The fourth-order valence-electron chi connectivity index (χ4n) is 2.42. The van der Waals surface area contributed by atoms with E-state index in [0.717, 1.165) is 16.6 Å². The van der Waals surface area contributed by atoms with E-state index in [1.807, 2.05) is 7.05 Å². The molecule has 0 amide bonds. The van der Waals surface area contributed by atoms with Crippen LogP contribution in [-0.4, -0.2) is 48.2 Å². The van der Waals surface area contributed by atoms with Crippen molar-refractivity contribution in [2.45, 2.75) is 31.4 Å². The van der Waals surface area contributed by atoms with Crippen molar-refractivity contribution in [1.29, 1.82) is 0 Å². The first-order valence-electron chi connectivity index (χ1n) is 6.13. The van der Waals surface area contributed by atoms with Crippen LogP contribution in [0, 0.1) is 0 Å². The van der Waals surface area contributed by atoms with Crippen LogP contribution >= 0.6 is 22.9 Å². The molecule has 1 heterocycles. The first kappa shape index (κ1) is 14.1. The molecule has 1 N–H and O–H groups in total. The number of nitrogens with zero attached hydrogens (tertiary/aromatic N) is 3. The van der Waals surface area contributed by atoms with Crippen LogP contribution in [0.4, 0.5) is 5.13 Å². The maximum absolute atomic E-state index is 9.15. The van der Waals surface area contributed by atoms with Gasteiger partial charge in [0, 0.05) is 19.1 Å². The minimum atomic E-state index is -0.0385. The van der Waals surface area contributed by atoms with Gasteiger partial charge in [0.1, 0.15) is 5.15 Å². The van der Waals surface area contributed by atoms with Gasteiger partial charge < -0.3 is 14.9 Å². The normalized spacial score (nSPS) is 17.9. The minimum absolute atomic E-state index is 0.0385. The van der Waals surface area contributed by atoms with E-state index in [0.29, 0.717) is 5.15 Å². The Bertz CT molecular complexity index is 417. The fourth-order valence-corrected chi connectivity index (χ4v) is 3.50. The zero-order valence-electron chi connectivity index (χ0n) is 11.1. The van der Waals surface area contributed by atoms with Gasteiger partial charge in [-0.15, -0.1) is 0 Å². The van der Waals surface area contributed by atoms with Gasteiger partial charge in [-0.25, -0.2) is 4.98 Å². The third-order valence-corrected chi connectivity index (χ3v) is 5.45. The van der Waals surface area contributed by atoms with Crippen molar-refractivity contribution in [3.8, 4) is 0 Å². The van der Waals surface area contributed by atoms with Gasteiger partial charge in [0.15, 0.2) is 5.13 Å². The van der Waals surface area contributed by atoms with Crippen LogP contribution in [0.3, 0.4) is 0 Å². The first-order valence-corrected chi connectivity index (χ1v) is 7.32. The molecule has 0 aromatic carbocycles. The number of hydrogen-bond donors (Lipinski definition) is 1. The maximum Gasteiger partial charge on any atom is 0.186 e. The van der Waals surface area contributed by atoms with Crippen LogP contribution < -0.4 is 4.90 Å². The van der Waals surface area contributed by atoms with Gasteiger partial charge in [0.25, 0.3) is 0 Å². The van der Waals surface area contributed by atoms with Crippen LogP contribution in [0.2, 0.25) is 5.15 Å². The van der Waals surface area contributed by atoms with E-state index in [1.54, 1.807) is 0 Å². The zero-order valence-corrected chi connectivity index (χ0v) is 12.7. The summed E-state index contributed by atoms with van der Waals surface area (Å²) in [6.07, 6.45) is 3.76. The maximum atomic E-state index is 9.15. The number of hydrogen-bond acceptors (Lipinski definition) is 5. The quantitative estimate of drug-likeness (QED) is 0.902. The van der Waals surface area contributed by atoms with Gasteiger partial charge in [0.05, 0.1) is 11.5 Å². The molecule has 0 radical (unpaired) electrons. The Morgan fingerprint density at radius 2 is 2.06 bits per heavy atom. The van der Waals surface area contributed by atoms with Crippen molar-refractivity contribution in [2.75, 3.05) is 32.6 Å². The van der Waals surface area contributed by atoms with Crippen LogP contribution in [0.1, 0.15) is 24.1 Å². The molecule has 0 unspecified atom stereocenters. The van der Waals surface area contributed by atoms with Crippen molar-refractivity contribution < 1.29 is 5.11 Å². The second-order valence-electron chi connectivity index (χ2n) is 5.20. The predicted octanol–water partition coefficient (Wildman–Crippen LogP) is 2.21. The second kappa shape index (κ2) is 5.33. The average molecular weight is 290 g/mol. The van der Waals surface area contributed by atoms with Crippen molar-refractivity contribution in [1.82, 2.24) is 9.88 Å². The van der Waals surface area contributed by atoms with Gasteiger partial charge in [-0.1, -0.05) is 22.9 Å². The Morgan fingerprint density at radius 1 is 1.39 bits per heavy atom. The number of aromatic nitrogens is 1. The minimum Gasteiger partial charge on any atom is -0.391 e. The summed E-state index contributed by atoms with van der Waals surface area (Å²) in [6, 6.07) is 0. The SMILES string of the molecule is CN(CC1(N(C)C)CCC1)c1nc(Cl)c(CO)s1. The van der Waals surface area contributed by atoms with E-state index in [2.05, 4.69) is 28.9 Å². The summed E-state index contributed by atoms with van der Waals surface area (Å²) >= 11 is 7.44. The van der Waals surface area contributed by atoms with Gasteiger partial charge in [-0.2, -0.15) is 0 Å². The molecule has 2 rings (SSSR count). The number of anilines is 1. The summed E-state index contributed by atoms with van der Waals surface area (Å²) in [7, 11) is 6.32. The molecule has 1 saturated carbocycles. The average Bonchev–Trinajstić information content (AvgIpc) is 2.64. The summed E-state index contributed by atoms with van der Waals surface area (Å²) in [5.74, 6) is 0. The van der Waals surface area contributed by atoms with Crippen molar-refractivity contribution >= 4 is 28.1 Å². The van der Waals surface area contributed by atoms with Crippen molar-refractivity contribution in [2.24, 2.45) is 0 Å². The Hall–Kier alpha value is -0.360. The Labute approximate surface area is 117 Å². The van der Waals surface area contributed by atoms with Crippen LogP contribution in [0.15, 0.2) is 0 Å². The monoisotopic (exact) mass is 289 g/mol. The molecule has 0 saturated heterocycles. The fraction of sp³-hybridized carbons (Fsp3) is 0.750. The summed E-state index contributed by atoms with van der Waals surface area (Å²) < 4.78 is 0. The number of likely N-dealkylation sites (N-methyl/N-ethyl adjacent to an activating group) is 2. The third kappa shape index (κ3) is 2.50. The lowest BCUT2D eigenvalue weighted by Gasteiger charge is -2.49. The predicted molar refractivity (Wildman–Crippen MR) is 76.6 cm³/mol. The Morgan fingerprint density at radius 3 is 2.44 bits per heavy atom. The summed E-state index contributed by atoms with van der Waals surface area (Å²) in [5.41, 5.74) is 0.270. The van der Waals surface area contributed by atoms with Crippen molar-refractivity contribution in [3.05, 3.63) is 10.0 Å². The number of thiazole rings is 1. The molecule has 1 aliphatic carbocycles. The highest BCUT2D eigenvalue weighted by atomic mass is 35.5. The molecule has 0 bridgehead atoms. The standard InChI is InChI=1S/C12H20ClN3OS/c1-15(2)12(5-4-6-12)8-16(3)11-14-10(13)9(7-17)18-11/h17H,4-8H2,1-3H3. The first-order chi connectivity index (χ1) is 8.48. The zero-order chi connectivity index (χ0) is 13.3. The van der Waals surface area contributed by atoms with Crippen LogP contribution in [-0.2, 0) is 6.61 Å². The topological polar surface area (TPSA) is 39.6 Å². The molecular weight excluding hydrogens is 270 g/mol. The molecule has 0 aliphatic heterocycles. The summed E-state index contributed by atoms with van der Waals surface area (Å²) in [5, 5.41) is 10.5. The molecule has 1 aliphatic rings. The molecule has 1 fully saturated rings. The highest BCUT2D eigenvalue weighted by Crippen LogP contribution is 2.38. The molecule has 102 valence electrons. The highest BCUT2D eigenvalue weighted by molar-refractivity contribution is 7.16. The lowest BCUT2D eigenvalue weighted by Crippen LogP contribution is -2.56. The largest absolute Gasteiger partial charge is 0.391 e. The smallest absolute Gasteiger partial charge is 0.186 e. The molecule has 18 heavy (non-hydrogen) atoms. The lowest BCUT2D eigenvalue weighted by molar-refractivity contribution is 0.0683.